The largest absolute Gasteiger partial charge is 0.0885 e. The van der Waals surface area contributed by atoms with E-state index in [0.717, 1.165) is 12.8 Å². The van der Waals surface area contributed by atoms with Crippen molar-refractivity contribution in [3.8, 4) is 0 Å². The van der Waals surface area contributed by atoms with E-state index < -0.39 is 0 Å². The van der Waals surface area contributed by atoms with Gasteiger partial charge in [0.15, 0.2) is 0 Å². The molecule has 0 aliphatic heterocycles. The van der Waals surface area contributed by atoms with E-state index in [9.17, 15) is 0 Å². The third-order valence-corrected chi connectivity index (χ3v) is 3.95. The van der Waals surface area contributed by atoms with Crippen LogP contribution in [-0.2, 0) is 0 Å². The average Bonchev–Trinajstić information content (AvgIpc) is 2.47. The summed E-state index contributed by atoms with van der Waals surface area (Å²) in [6.45, 7) is 7.69. The van der Waals surface area contributed by atoms with Crippen molar-refractivity contribution >= 4 is 0 Å². The molecule has 2 radical (unpaired) electrons. The van der Waals surface area contributed by atoms with Crippen LogP contribution in [0.3, 0.4) is 0 Å². The molecule has 0 unspecified atom stereocenters. The van der Waals surface area contributed by atoms with Gasteiger partial charge in [0.1, 0.15) is 0 Å². The molecule has 0 heteroatoms. The van der Waals surface area contributed by atoms with Gasteiger partial charge in [0.05, 0.1) is 0 Å². The molecule has 0 heterocycles. The second-order valence-corrected chi connectivity index (χ2v) is 6.00. The maximum atomic E-state index is 3.89. The standard InChI is InChI=1S/C20H38/c1-3-5-7-9-11-13-15-17-19-20-18-16-14-12-10-8-6-4-2/h5,7H,1-4,6,8-20H2/b7-5+. The molecule has 0 aromatic heterocycles. The van der Waals surface area contributed by atoms with Crippen molar-refractivity contribution in [3.05, 3.63) is 26.0 Å². The van der Waals surface area contributed by atoms with Crippen LogP contribution >= 0.6 is 0 Å². The minimum absolute atomic E-state index is 0.940. The first-order valence-electron chi connectivity index (χ1n) is 9.15. The first-order valence-corrected chi connectivity index (χ1v) is 9.15. The highest BCUT2D eigenvalue weighted by Gasteiger charge is 1.93. The molecular formula is C20H38. The number of hydrogen-bond donors (Lipinski definition) is 0. The van der Waals surface area contributed by atoms with E-state index in [1.165, 1.54) is 89.9 Å². The molecule has 0 rings (SSSR count). The maximum Gasteiger partial charge on any atom is -0.0351 e. The minimum atomic E-state index is 0.940. The van der Waals surface area contributed by atoms with Crippen LogP contribution in [-0.4, -0.2) is 0 Å². The quantitative estimate of drug-likeness (QED) is 0.203. The van der Waals surface area contributed by atoms with Gasteiger partial charge in [-0.25, -0.2) is 0 Å². The van der Waals surface area contributed by atoms with Crippen LogP contribution in [0.1, 0.15) is 103 Å². The molecule has 0 aromatic rings. The Morgan fingerprint density at radius 2 is 0.850 bits per heavy atom. The molecule has 0 amide bonds. The summed E-state index contributed by atoms with van der Waals surface area (Å²) in [5.41, 5.74) is 0. The summed E-state index contributed by atoms with van der Waals surface area (Å²) >= 11 is 0. The molecule has 0 aliphatic rings. The summed E-state index contributed by atoms with van der Waals surface area (Å²) in [6.07, 6.45) is 26.3. The fourth-order valence-corrected chi connectivity index (χ4v) is 2.62. The first-order chi connectivity index (χ1) is 9.91. The van der Waals surface area contributed by atoms with Crippen LogP contribution in [0.15, 0.2) is 12.2 Å². The molecular weight excluding hydrogens is 240 g/mol. The predicted octanol–water partition coefficient (Wildman–Crippen LogP) is 7.45. The SMILES string of the molecule is [CH2]C/C=C/CCCCCCCCCCCCCCC[CH2]. The van der Waals surface area contributed by atoms with E-state index in [2.05, 4.69) is 26.0 Å². The predicted molar refractivity (Wildman–Crippen MR) is 93.7 cm³/mol. The number of unbranched alkanes of at least 4 members (excludes halogenated alkanes) is 14. The van der Waals surface area contributed by atoms with E-state index in [1.54, 1.807) is 0 Å². The van der Waals surface area contributed by atoms with Crippen molar-refractivity contribution in [2.24, 2.45) is 0 Å². The lowest BCUT2D eigenvalue weighted by Gasteiger charge is -2.02. The summed E-state index contributed by atoms with van der Waals surface area (Å²) in [7, 11) is 0. The molecule has 20 heavy (non-hydrogen) atoms. The average molecular weight is 279 g/mol. The van der Waals surface area contributed by atoms with E-state index in [-0.39, 0.29) is 0 Å². The fraction of sp³-hybridized carbons (Fsp3) is 0.800. The molecule has 0 aromatic carbocycles. The van der Waals surface area contributed by atoms with E-state index in [4.69, 9.17) is 0 Å². The zero-order chi connectivity index (χ0) is 14.7. The number of hydrogen-bond acceptors (Lipinski definition) is 0. The Kier molecular flexibility index (Phi) is 18.5. The van der Waals surface area contributed by atoms with Gasteiger partial charge in [-0.2, -0.15) is 0 Å². The Morgan fingerprint density at radius 3 is 1.25 bits per heavy atom. The smallest absolute Gasteiger partial charge is 0.0351 e. The Balaban J connectivity index is 2.94. The minimum Gasteiger partial charge on any atom is -0.0885 e. The van der Waals surface area contributed by atoms with Crippen molar-refractivity contribution in [2.75, 3.05) is 0 Å². The van der Waals surface area contributed by atoms with Crippen molar-refractivity contribution in [2.45, 2.75) is 103 Å². The highest BCUT2D eigenvalue weighted by atomic mass is 14.0. The van der Waals surface area contributed by atoms with Crippen LogP contribution in [0.4, 0.5) is 0 Å². The Bertz CT molecular complexity index is 180. The third-order valence-electron chi connectivity index (χ3n) is 3.95. The zero-order valence-corrected chi connectivity index (χ0v) is 13.9. The normalized spacial score (nSPS) is 11.5. The van der Waals surface area contributed by atoms with Crippen LogP contribution in [0.2, 0.25) is 0 Å². The van der Waals surface area contributed by atoms with Crippen molar-refractivity contribution in [1.82, 2.24) is 0 Å². The lowest BCUT2D eigenvalue weighted by molar-refractivity contribution is 0.538. The Labute approximate surface area is 129 Å². The summed E-state index contributed by atoms with van der Waals surface area (Å²) in [5, 5.41) is 0. The molecule has 0 fully saturated rings. The Hall–Kier alpha value is -0.260. The fourth-order valence-electron chi connectivity index (χ4n) is 2.62. The monoisotopic (exact) mass is 278 g/mol. The molecule has 0 saturated carbocycles. The van der Waals surface area contributed by atoms with Crippen LogP contribution in [0.25, 0.3) is 0 Å². The summed E-state index contributed by atoms with van der Waals surface area (Å²) in [6, 6.07) is 0. The van der Waals surface area contributed by atoms with Gasteiger partial charge < -0.3 is 0 Å². The van der Waals surface area contributed by atoms with Gasteiger partial charge in [-0.05, 0) is 26.2 Å². The van der Waals surface area contributed by atoms with Crippen LogP contribution < -0.4 is 0 Å². The Morgan fingerprint density at radius 1 is 0.450 bits per heavy atom. The van der Waals surface area contributed by atoms with Gasteiger partial charge in [-0.15, -0.1) is 0 Å². The lowest BCUT2D eigenvalue weighted by Crippen LogP contribution is -1.83. The van der Waals surface area contributed by atoms with Crippen LogP contribution in [0.5, 0.6) is 0 Å². The van der Waals surface area contributed by atoms with Gasteiger partial charge in [-0.1, -0.05) is 103 Å². The highest BCUT2D eigenvalue weighted by molar-refractivity contribution is 4.81. The maximum absolute atomic E-state index is 3.89. The molecule has 0 spiro atoms. The van der Waals surface area contributed by atoms with Gasteiger partial charge in [-0.3, -0.25) is 0 Å². The van der Waals surface area contributed by atoms with Crippen molar-refractivity contribution < 1.29 is 0 Å². The van der Waals surface area contributed by atoms with Gasteiger partial charge >= 0.3 is 0 Å². The van der Waals surface area contributed by atoms with E-state index in [0.29, 0.717) is 0 Å². The van der Waals surface area contributed by atoms with E-state index >= 15 is 0 Å². The zero-order valence-electron chi connectivity index (χ0n) is 13.9. The molecule has 0 N–H and O–H groups in total. The molecule has 0 atom stereocenters. The van der Waals surface area contributed by atoms with Gasteiger partial charge in [0.25, 0.3) is 0 Å². The number of allylic oxidation sites excluding steroid dienone is 2. The second kappa shape index (κ2) is 18.7. The topological polar surface area (TPSA) is 0 Å². The van der Waals surface area contributed by atoms with Crippen molar-refractivity contribution in [3.63, 3.8) is 0 Å². The molecule has 0 aliphatic carbocycles. The molecule has 0 saturated heterocycles. The summed E-state index contributed by atoms with van der Waals surface area (Å²) < 4.78 is 0. The van der Waals surface area contributed by atoms with Crippen LogP contribution in [0, 0.1) is 13.8 Å². The molecule has 118 valence electrons. The molecule has 0 nitrogen and oxygen atoms in total. The van der Waals surface area contributed by atoms with E-state index in [1.807, 2.05) is 0 Å². The summed E-state index contributed by atoms with van der Waals surface area (Å²) in [5.74, 6) is 0. The first kappa shape index (κ1) is 19.7. The highest BCUT2D eigenvalue weighted by Crippen LogP contribution is 2.13. The van der Waals surface area contributed by atoms with Gasteiger partial charge in [0.2, 0.25) is 0 Å². The third kappa shape index (κ3) is 17.7. The summed E-state index contributed by atoms with van der Waals surface area (Å²) in [4.78, 5) is 0. The number of rotatable bonds is 16. The van der Waals surface area contributed by atoms with Gasteiger partial charge in [0, 0.05) is 0 Å². The van der Waals surface area contributed by atoms with Crippen molar-refractivity contribution in [1.29, 1.82) is 0 Å². The second-order valence-electron chi connectivity index (χ2n) is 6.00. The molecule has 0 bridgehead atoms. The lowest BCUT2D eigenvalue weighted by atomic mass is 10.0.